The Morgan fingerprint density at radius 2 is 1.79 bits per heavy atom. The molecule has 0 spiro atoms. The average molecular weight is 585 g/mol. The van der Waals surface area contributed by atoms with Gasteiger partial charge in [-0.3, -0.25) is 24.2 Å². The molecular weight excluding hydrogens is 548 g/mol. The molecule has 1 N–H and O–H groups in total. The number of carboxylic acid groups (broad SMARTS) is 1. The molecular formula is C33H36N4O4S. The third-order valence-electron chi connectivity index (χ3n) is 9.10. The van der Waals surface area contributed by atoms with Crippen LogP contribution >= 0.6 is 11.3 Å². The van der Waals surface area contributed by atoms with E-state index < -0.39 is 11.9 Å². The van der Waals surface area contributed by atoms with Crippen molar-refractivity contribution >= 4 is 40.1 Å². The maximum Gasteiger partial charge on any atom is 0.304 e. The van der Waals surface area contributed by atoms with Crippen molar-refractivity contribution in [3.8, 4) is 22.4 Å². The first-order valence-corrected chi connectivity index (χ1v) is 15.8. The van der Waals surface area contributed by atoms with Crippen molar-refractivity contribution in [2.75, 3.05) is 22.9 Å². The molecule has 6 rings (SSSR count). The molecule has 1 aromatic carbocycles. The van der Waals surface area contributed by atoms with Crippen molar-refractivity contribution in [3.05, 3.63) is 60.1 Å². The Bertz CT molecular complexity index is 1490. The fraction of sp³-hybridized carbons (Fsp3) is 0.424. The topological polar surface area (TPSA) is 104 Å². The molecule has 3 atom stereocenters. The first-order chi connectivity index (χ1) is 20.4. The molecule has 2 aliphatic heterocycles. The third-order valence-corrected chi connectivity index (χ3v) is 9.96. The molecule has 3 aliphatic rings. The van der Waals surface area contributed by atoms with Crippen LogP contribution in [0.2, 0.25) is 0 Å². The quantitative estimate of drug-likeness (QED) is 0.321. The predicted octanol–water partition coefficient (Wildman–Crippen LogP) is 6.44. The highest BCUT2D eigenvalue weighted by Crippen LogP contribution is 2.41. The van der Waals surface area contributed by atoms with Crippen LogP contribution < -0.4 is 9.80 Å². The van der Waals surface area contributed by atoms with E-state index in [-0.39, 0.29) is 30.1 Å². The van der Waals surface area contributed by atoms with Gasteiger partial charge >= 0.3 is 5.97 Å². The van der Waals surface area contributed by atoms with Crippen molar-refractivity contribution in [3.63, 3.8) is 0 Å². The Morgan fingerprint density at radius 3 is 2.48 bits per heavy atom. The third kappa shape index (κ3) is 5.62. The first kappa shape index (κ1) is 28.3. The molecule has 9 heteroatoms. The van der Waals surface area contributed by atoms with Crippen LogP contribution in [0, 0.1) is 23.7 Å². The molecule has 2 aromatic heterocycles. The van der Waals surface area contributed by atoms with Crippen LogP contribution in [0.4, 0.5) is 10.9 Å². The molecule has 0 bridgehead atoms. The van der Waals surface area contributed by atoms with Gasteiger partial charge in [0.15, 0.2) is 5.13 Å². The number of hydrogen-bond donors (Lipinski definition) is 1. The van der Waals surface area contributed by atoms with Crippen LogP contribution in [0.25, 0.3) is 22.4 Å². The lowest BCUT2D eigenvalue weighted by atomic mass is 9.75. The number of thiazole rings is 1. The number of hydrogen-bond acceptors (Lipinski definition) is 6. The van der Waals surface area contributed by atoms with Crippen LogP contribution in [0.5, 0.6) is 0 Å². The van der Waals surface area contributed by atoms with Crippen molar-refractivity contribution in [1.29, 1.82) is 0 Å². The normalized spacial score (nSPS) is 23.4. The zero-order valence-electron chi connectivity index (χ0n) is 23.8. The van der Waals surface area contributed by atoms with E-state index in [4.69, 9.17) is 4.98 Å². The minimum absolute atomic E-state index is 0.0232. The smallest absolute Gasteiger partial charge is 0.304 e. The van der Waals surface area contributed by atoms with Gasteiger partial charge in [0.05, 0.1) is 18.0 Å². The Balaban J connectivity index is 1.28. The summed E-state index contributed by atoms with van der Waals surface area (Å²) in [7, 11) is 0. The number of amides is 2. The summed E-state index contributed by atoms with van der Waals surface area (Å²) in [6, 6.07) is 11.8. The minimum Gasteiger partial charge on any atom is -0.481 e. The second-order valence-corrected chi connectivity index (χ2v) is 12.6. The van der Waals surface area contributed by atoms with Crippen LogP contribution in [0.1, 0.15) is 51.9 Å². The Hall–Kier alpha value is -3.85. The van der Waals surface area contributed by atoms with Crippen LogP contribution in [-0.2, 0) is 14.4 Å². The number of carbonyl (C=O) groups excluding carboxylic acids is 2. The molecule has 218 valence electrons. The molecule has 1 saturated heterocycles. The molecule has 0 unspecified atom stereocenters. The van der Waals surface area contributed by atoms with E-state index in [9.17, 15) is 19.5 Å². The lowest BCUT2D eigenvalue weighted by Crippen LogP contribution is -2.43. The summed E-state index contributed by atoms with van der Waals surface area (Å²) in [4.78, 5) is 51.3. The molecule has 2 fully saturated rings. The van der Waals surface area contributed by atoms with Gasteiger partial charge in [-0.25, -0.2) is 9.97 Å². The standard InChI is InChI=1S/C33H36N4O4S/c1-21-15-17-36(31(21)40)29-14-13-23(19-34-29)25-10-4-5-12-26(25)28-20-42-33(35-28)37-16-7-6-11-24(22-8-2-3-9-22)27(32(37)41)18-30(38)39/h4-7,10,12-14,19-22,24,27H,2-3,8-9,11,15-18H2,1H3,(H,38,39)/t21-,24+,27+/m1/s1. The fourth-order valence-corrected chi connectivity index (χ4v) is 7.64. The number of anilines is 2. The van der Waals surface area contributed by atoms with Gasteiger partial charge in [0.1, 0.15) is 5.82 Å². The van der Waals surface area contributed by atoms with Crippen molar-refractivity contribution in [2.24, 2.45) is 23.7 Å². The van der Waals surface area contributed by atoms with Gasteiger partial charge in [0.2, 0.25) is 11.8 Å². The van der Waals surface area contributed by atoms with E-state index in [0.29, 0.717) is 30.0 Å². The summed E-state index contributed by atoms with van der Waals surface area (Å²) in [5.41, 5.74) is 3.54. The summed E-state index contributed by atoms with van der Waals surface area (Å²) < 4.78 is 0. The molecule has 4 heterocycles. The number of aliphatic carboxylic acids is 1. The maximum absolute atomic E-state index is 14.0. The Labute approximate surface area is 250 Å². The van der Waals surface area contributed by atoms with Crippen LogP contribution in [0.3, 0.4) is 0 Å². The predicted molar refractivity (Wildman–Crippen MR) is 164 cm³/mol. The summed E-state index contributed by atoms with van der Waals surface area (Å²) in [5, 5.41) is 12.3. The van der Waals surface area contributed by atoms with E-state index >= 15 is 0 Å². The fourth-order valence-electron chi connectivity index (χ4n) is 6.80. The second kappa shape index (κ2) is 12.2. The highest BCUT2D eigenvalue weighted by molar-refractivity contribution is 7.14. The molecule has 1 saturated carbocycles. The first-order valence-electron chi connectivity index (χ1n) is 14.9. The molecule has 1 aliphatic carbocycles. The molecule has 3 aromatic rings. The number of pyridine rings is 1. The lowest BCUT2D eigenvalue weighted by molar-refractivity contribution is -0.142. The SMILES string of the molecule is C[C@@H]1CCN(c2ccc(-c3ccccc3-c3csc(N4CC=CC[C@@H](C5CCCC5)[C@H](CC(=O)O)C4=O)n3)cn2)C1=O. The number of aromatic nitrogens is 2. The van der Waals surface area contributed by atoms with E-state index in [1.54, 1.807) is 16.0 Å². The molecule has 8 nitrogen and oxygen atoms in total. The summed E-state index contributed by atoms with van der Waals surface area (Å²) in [5.74, 6) is -0.425. The summed E-state index contributed by atoms with van der Waals surface area (Å²) in [6.07, 6.45) is 11.8. The van der Waals surface area contributed by atoms with E-state index in [1.807, 2.05) is 54.8 Å². The highest BCUT2D eigenvalue weighted by Gasteiger charge is 2.40. The Morgan fingerprint density at radius 1 is 1.00 bits per heavy atom. The summed E-state index contributed by atoms with van der Waals surface area (Å²) in [6.45, 7) is 3.01. The molecule has 2 amide bonds. The molecule has 0 radical (unpaired) electrons. The monoisotopic (exact) mass is 584 g/mol. The maximum atomic E-state index is 14.0. The highest BCUT2D eigenvalue weighted by atomic mass is 32.1. The van der Waals surface area contributed by atoms with E-state index in [0.717, 1.165) is 60.9 Å². The second-order valence-electron chi connectivity index (χ2n) is 11.7. The van der Waals surface area contributed by atoms with Gasteiger partial charge in [-0.1, -0.05) is 69.0 Å². The van der Waals surface area contributed by atoms with E-state index in [1.165, 1.54) is 11.3 Å². The van der Waals surface area contributed by atoms with Crippen molar-refractivity contribution in [2.45, 2.75) is 51.9 Å². The largest absolute Gasteiger partial charge is 0.481 e. The van der Waals surface area contributed by atoms with Crippen LogP contribution in [-0.4, -0.2) is 45.9 Å². The minimum atomic E-state index is -0.933. The van der Waals surface area contributed by atoms with Gasteiger partial charge in [-0.15, -0.1) is 11.3 Å². The van der Waals surface area contributed by atoms with Gasteiger partial charge in [-0.2, -0.15) is 0 Å². The number of rotatable bonds is 7. The average Bonchev–Trinajstić information content (AvgIpc) is 3.76. The molecule has 42 heavy (non-hydrogen) atoms. The number of benzene rings is 1. The zero-order valence-corrected chi connectivity index (χ0v) is 24.6. The number of carboxylic acids is 1. The van der Waals surface area contributed by atoms with Crippen LogP contribution in [0.15, 0.2) is 60.1 Å². The van der Waals surface area contributed by atoms with Gasteiger partial charge in [0.25, 0.3) is 0 Å². The number of allylic oxidation sites excluding steroid dienone is 1. The zero-order chi connectivity index (χ0) is 29.2. The number of carbonyl (C=O) groups is 3. The van der Waals surface area contributed by atoms with Gasteiger partial charge < -0.3 is 5.11 Å². The summed E-state index contributed by atoms with van der Waals surface area (Å²) >= 11 is 1.40. The van der Waals surface area contributed by atoms with Crippen molar-refractivity contribution in [1.82, 2.24) is 9.97 Å². The van der Waals surface area contributed by atoms with Gasteiger partial charge in [0, 0.05) is 41.7 Å². The van der Waals surface area contributed by atoms with Crippen molar-refractivity contribution < 1.29 is 19.5 Å². The van der Waals surface area contributed by atoms with Gasteiger partial charge in [-0.05, 0) is 42.4 Å². The number of nitrogens with zero attached hydrogens (tertiary/aromatic N) is 4. The Kier molecular flexibility index (Phi) is 8.20. The lowest BCUT2D eigenvalue weighted by Gasteiger charge is -2.34. The van der Waals surface area contributed by atoms with E-state index in [2.05, 4.69) is 11.1 Å².